The summed E-state index contributed by atoms with van der Waals surface area (Å²) in [6.45, 7) is 0. The van der Waals surface area contributed by atoms with Crippen LogP contribution >= 0.6 is 0 Å². The minimum Gasteiger partial charge on any atom is -0.253 e. The number of rotatable bonds is 0. The van der Waals surface area contributed by atoms with E-state index >= 15 is 0 Å². The Kier molecular flexibility index (Phi) is 1.67. The maximum Gasteiger partial charge on any atom is 0.365 e. The van der Waals surface area contributed by atoms with E-state index in [1.165, 1.54) is 12.3 Å². The van der Waals surface area contributed by atoms with E-state index in [0.717, 1.165) is 5.41 Å². The molecular formula is C5H5NO3S. The third-order valence-electron chi connectivity index (χ3n) is 0.957. The normalized spacial score (nSPS) is 22.6. The molecule has 10 heavy (non-hydrogen) atoms. The predicted octanol–water partition coefficient (Wildman–Crippen LogP) is 0.509. The summed E-state index contributed by atoms with van der Waals surface area (Å²) >= 11 is 0. The summed E-state index contributed by atoms with van der Waals surface area (Å²) in [5.74, 6) is 0. The maximum absolute atomic E-state index is 10.7. The molecule has 0 saturated carbocycles. The Bertz CT molecular complexity index is 299. The van der Waals surface area contributed by atoms with Gasteiger partial charge >= 0.3 is 5.24 Å². The van der Waals surface area contributed by atoms with Crippen LogP contribution in [0.3, 0.4) is 0 Å². The lowest BCUT2D eigenvalue weighted by Crippen LogP contribution is -2.04. The van der Waals surface area contributed by atoms with Crippen molar-refractivity contribution in [3.05, 3.63) is 11.5 Å². The molecule has 0 aromatic heterocycles. The fourth-order valence-corrected chi connectivity index (χ4v) is 1.20. The molecule has 54 valence electrons. The highest BCUT2D eigenvalue weighted by Gasteiger charge is 2.17. The van der Waals surface area contributed by atoms with Gasteiger partial charge in [-0.2, -0.15) is 0 Å². The third-order valence-corrected chi connectivity index (χ3v) is 2.10. The maximum atomic E-state index is 10.7. The lowest BCUT2D eigenvalue weighted by molar-refractivity contribution is 0.265. The molecule has 0 N–H and O–H groups in total. The monoisotopic (exact) mass is 159 g/mol. The van der Waals surface area contributed by atoms with Gasteiger partial charge in [0.05, 0.1) is 0 Å². The molecule has 4 nitrogen and oxygen atoms in total. The van der Waals surface area contributed by atoms with Crippen molar-refractivity contribution in [2.24, 2.45) is 4.99 Å². The largest absolute Gasteiger partial charge is 0.365 e. The van der Waals surface area contributed by atoms with E-state index in [1.807, 2.05) is 0 Å². The van der Waals surface area contributed by atoms with Gasteiger partial charge in [-0.05, 0) is 0 Å². The second-order valence-corrected chi connectivity index (χ2v) is 3.44. The van der Waals surface area contributed by atoms with E-state index in [9.17, 15) is 13.2 Å². The van der Waals surface area contributed by atoms with Gasteiger partial charge in [0.25, 0.3) is 9.84 Å². The molecule has 0 fully saturated rings. The lowest BCUT2D eigenvalue weighted by atomic mass is 10.5. The molecule has 1 amide bonds. The highest BCUT2D eigenvalue weighted by molar-refractivity contribution is 8.08. The molecule has 0 aromatic carbocycles. The van der Waals surface area contributed by atoms with Gasteiger partial charge in [-0.3, -0.25) is 4.79 Å². The Morgan fingerprint density at radius 3 is 2.90 bits per heavy atom. The van der Waals surface area contributed by atoms with Gasteiger partial charge in [0.2, 0.25) is 0 Å². The number of allylic oxidation sites excluding steroid dienone is 1. The van der Waals surface area contributed by atoms with Crippen LogP contribution in [0.5, 0.6) is 0 Å². The number of amides is 1. The summed E-state index contributed by atoms with van der Waals surface area (Å²) in [5.41, 5.74) is 0. The van der Waals surface area contributed by atoms with Crippen LogP contribution < -0.4 is 0 Å². The summed E-state index contributed by atoms with van der Waals surface area (Å²) in [7, 11) is -3.72. The van der Waals surface area contributed by atoms with Crippen LogP contribution in [0.1, 0.15) is 6.42 Å². The third kappa shape index (κ3) is 1.30. The number of hydrogen-bond donors (Lipinski definition) is 0. The van der Waals surface area contributed by atoms with Gasteiger partial charge in [-0.15, -0.1) is 0 Å². The molecule has 0 aliphatic carbocycles. The molecule has 5 heteroatoms. The van der Waals surface area contributed by atoms with Crippen LogP contribution in [0.2, 0.25) is 0 Å². The molecule has 0 aromatic rings. The molecule has 0 spiro atoms. The van der Waals surface area contributed by atoms with Crippen molar-refractivity contribution in [1.29, 1.82) is 0 Å². The Morgan fingerprint density at radius 2 is 2.20 bits per heavy atom. The highest BCUT2D eigenvalue weighted by Crippen LogP contribution is 2.02. The summed E-state index contributed by atoms with van der Waals surface area (Å²) in [6.07, 6.45) is 3.04. The van der Waals surface area contributed by atoms with Gasteiger partial charge in [0.1, 0.15) is 0 Å². The van der Waals surface area contributed by atoms with Gasteiger partial charge in [0, 0.05) is 18.0 Å². The molecule has 0 saturated heterocycles. The molecular weight excluding hydrogens is 154 g/mol. The van der Waals surface area contributed by atoms with Crippen molar-refractivity contribution < 1.29 is 13.2 Å². The molecule has 1 heterocycles. The summed E-state index contributed by atoms with van der Waals surface area (Å²) < 4.78 is 21.3. The number of nitrogens with zero attached hydrogens (tertiary/aromatic N) is 1. The molecule has 0 unspecified atom stereocenters. The number of sulfone groups is 1. The van der Waals surface area contributed by atoms with Crippen molar-refractivity contribution in [2.75, 3.05) is 0 Å². The lowest BCUT2D eigenvalue weighted by Gasteiger charge is -1.84. The Hall–Kier alpha value is -0.970. The fraction of sp³-hybridized carbons (Fsp3) is 0.200. The van der Waals surface area contributed by atoms with Crippen LogP contribution in [0.15, 0.2) is 16.5 Å². The van der Waals surface area contributed by atoms with Gasteiger partial charge < -0.3 is 0 Å². The smallest absolute Gasteiger partial charge is 0.253 e. The molecule has 1 aliphatic heterocycles. The highest BCUT2D eigenvalue weighted by atomic mass is 32.2. The standard InChI is InChI=1S/C5H5NO3S/c7-5-6-3-1-2-4-10(5,8)9/h2-4H,1H2. The molecule has 0 radical (unpaired) electrons. The van der Waals surface area contributed by atoms with Crippen LogP contribution in [0.4, 0.5) is 4.79 Å². The quantitative estimate of drug-likeness (QED) is 0.517. The van der Waals surface area contributed by atoms with Crippen molar-refractivity contribution in [3.63, 3.8) is 0 Å². The van der Waals surface area contributed by atoms with Gasteiger partial charge in [-0.1, -0.05) is 6.08 Å². The summed E-state index contributed by atoms with van der Waals surface area (Å²) in [4.78, 5) is 13.7. The average Bonchev–Trinajstić information content (AvgIpc) is 1.96. The van der Waals surface area contributed by atoms with Crippen LogP contribution in [0, 0.1) is 0 Å². The average molecular weight is 159 g/mol. The molecule has 1 aliphatic rings. The SMILES string of the molecule is O=C1N=CCC=CS1(=O)=O. The van der Waals surface area contributed by atoms with Crippen LogP contribution in [-0.2, 0) is 9.84 Å². The minimum atomic E-state index is -3.72. The van der Waals surface area contributed by atoms with Crippen LogP contribution in [-0.4, -0.2) is 19.9 Å². The molecule has 1 rings (SSSR count). The van der Waals surface area contributed by atoms with E-state index < -0.39 is 15.1 Å². The van der Waals surface area contributed by atoms with E-state index in [2.05, 4.69) is 4.99 Å². The Labute approximate surface area is 58.2 Å². The van der Waals surface area contributed by atoms with Gasteiger partial charge in [0.15, 0.2) is 0 Å². The van der Waals surface area contributed by atoms with Crippen molar-refractivity contribution in [1.82, 2.24) is 0 Å². The zero-order valence-corrected chi connectivity index (χ0v) is 5.84. The van der Waals surface area contributed by atoms with E-state index in [4.69, 9.17) is 0 Å². The number of hydrogen-bond acceptors (Lipinski definition) is 3. The number of carbonyl (C=O) groups is 1. The Balaban J connectivity index is 3.17. The second-order valence-electron chi connectivity index (χ2n) is 1.73. The van der Waals surface area contributed by atoms with Crippen LogP contribution in [0.25, 0.3) is 0 Å². The predicted molar refractivity (Wildman–Crippen MR) is 36.6 cm³/mol. The van der Waals surface area contributed by atoms with E-state index in [-0.39, 0.29) is 0 Å². The zero-order valence-electron chi connectivity index (χ0n) is 5.02. The molecule has 0 bridgehead atoms. The minimum absolute atomic E-state index is 0.394. The Morgan fingerprint density at radius 1 is 1.50 bits per heavy atom. The first-order valence-electron chi connectivity index (χ1n) is 2.61. The van der Waals surface area contributed by atoms with Crippen molar-refractivity contribution in [2.45, 2.75) is 6.42 Å². The summed E-state index contributed by atoms with van der Waals surface area (Å²) in [5, 5.41) is -0.205. The number of aliphatic imine (C=N–C) groups is 1. The van der Waals surface area contributed by atoms with Crippen molar-refractivity contribution >= 4 is 21.3 Å². The van der Waals surface area contributed by atoms with Crippen molar-refractivity contribution in [3.8, 4) is 0 Å². The van der Waals surface area contributed by atoms with Gasteiger partial charge in [-0.25, -0.2) is 13.4 Å². The number of carbonyl (C=O) groups excluding carboxylic acids is 1. The first kappa shape index (κ1) is 7.14. The van der Waals surface area contributed by atoms with E-state index in [1.54, 1.807) is 0 Å². The first-order valence-corrected chi connectivity index (χ1v) is 4.16. The van der Waals surface area contributed by atoms with E-state index in [0.29, 0.717) is 6.42 Å². The fourth-order valence-electron chi connectivity index (χ4n) is 0.502. The topological polar surface area (TPSA) is 63.6 Å². The molecule has 0 atom stereocenters. The second kappa shape index (κ2) is 2.34. The zero-order chi connectivity index (χ0) is 7.61. The summed E-state index contributed by atoms with van der Waals surface area (Å²) in [6, 6.07) is 0. The first-order chi connectivity index (χ1) is 4.63.